The molecule has 10 rings (SSSR count). The van der Waals surface area contributed by atoms with Crippen molar-refractivity contribution in [2.75, 3.05) is 48.5 Å². The zero-order valence-corrected chi connectivity index (χ0v) is 43.2. The Morgan fingerprint density at radius 1 is 0.560 bits per heavy atom. The van der Waals surface area contributed by atoms with Crippen molar-refractivity contribution in [1.82, 2.24) is 30.4 Å². The molecule has 0 bridgehead atoms. The molecule has 0 atom stereocenters. The topological polar surface area (TPSA) is 208 Å². The lowest BCUT2D eigenvalue weighted by Crippen LogP contribution is -2.36. The maximum atomic E-state index is 13.3. The fraction of sp³-hybridized carbons (Fsp3) is 0.356. The largest absolute Gasteiger partial charge is 0.497 e. The monoisotopic (exact) mass is 1020 g/mol. The molecule has 4 heterocycles. The van der Waals surface area contributed by atoms with E-state index in [9.17, 15) is 33.9 Å². The maximum absolute atomic E-state index is 13.3. The van der Waals surface area contributed by atoms with Gasteiger partial charge in [-0.1, -0.05) is 50.7 Å². The van der Waals surface area contributed by atoms with Gasteiger partial charge in [0, 0.05) is 58.2 Å². The Bertz CT molecular complexity index is 3310. The second-order valence-corrected chi connectivity index (χ2v) is 19.6. The predicted octanol–water partition coefficient (Wildman–Crippen LogP) is 8.73. The summed E-state index contributed by atoms with van der Waals surface area (Å²) in [6.07, 6.45) is 15.2. The molecule has 4 aliphatic rings. The number of hydrogen-bond acceptors (Lipinski definition) is 9. The van der Waals surface area contributed by atoms with Crippen molar-refractivity contribution in [3.8, 4) is 34.0 Å². The lowest BCUT2D eigenvalue weighted by molar-refractivity contribution is -0.124. The third-order valence-corrected chi connectivity index (χ3v) is 15.2. The molecule has 2 fully saturated rings. The molecule has 0 unspecified atom stereocenters. The standard InChI is InChI=1S/C30H33N3O5.C29H31N3O5/c1-31-26(34)16-32-29(35)21-13-20-14-22(37-2)10-12-23(20)28-27(18-7-5-4-6-8-18)24-11-9-19(30(36)38-3)15-25(24)33(28)17-21;1-30-25(33)15-31-28(34)20-12-19-13-21(37-2)9-11-22(19)27-26(17-6-4-3-5-7-17)23-10-8-18(29(35)36)14-24(23)32(27)16-20/h9-15,18H,4-8,16-17H2,1-3H3,(H,31,34)(H,32,35);8-14,17H,3-7,15-16H2,1-2H3,(H,30,33)(H,31,34)(H,35,36). The molecule has 16 heteroatoms. The lowest BCUT2D eigenvalue weighted by atomic mass is 9.81. The fourth-order valence-corrected chi connectivity index (χ4v) is 11.5. The average molecular weight is 1020 g/mol. The number of amides is 4. The van der Waals surface area contributed by atoms with E-state index in [1.165, 1.54) is 58.0 Å². The summed E-state index contributed by atoms with van der Waals surface area (Å²) in [5, 5.41) is 22.3. The molecule has 4 amide bonds. The minimum atomic E-state index is -0.991. The first-order valence-electron chi connectivity index (χ1n) is 25.8. The number of nitrogens with zero attached hydrogens (tertiary/aromatic N) is 2. The molecule has 75 heavy (non-hydrogen) atoms. The van der Waals surface area contributed by atoms with Gasteiger partial charge in [0.05, 0.1) is 70.0 Å². The quantitative estimate of drug-likeness (QED) is 0.0737. The minimum absolute atomic E-state index is 0.114. The van der Waals surface area contributed by atoms with Gasteiger partial charge in [0.25, 0.3) is 0 Å². The van der Waals surface area contributed by atoms with Gasteiger partial charge < -0.3 is 49.7 Å². The highest BCUT2D eigenvalue weighted by molar-refractivity contribution is 6.06. The zero-order chi connectivity index (χ0) is 52.9. The molecule has 2 aliphatic heterocycles. The second kappa shape index (κ2) is 22.5. The van der Waals surface area contributed by atoms with E-state index in [1.807, 2.05) is 72.8 Å². The van der Waals surface area contributed by atoms with Crippen LogP contribution in [0.5, 0.6) is 11.5 Å². The molecule has 6 aromatic rings. The highest BCUT2D eigenvalue weighted by atomic mass is 16.5. The average Bonchev–Trinajstić information content (AvgIpc) is 3.79. The van der Waals surface area contributed by atoms with Crippen LogP contribution in [-0.2, 0) is 37.0 Å². The van der Waals surface area contributed by atoms with Crippen LogP contribution in [0.2, 0.25) is 0 Å². The summed E-state index contributed by atoms with van der Waals surface area (Å²) in [5.74, 6) is -0.521. The SMILES string of the molecule is CNC(=O)CNC(=O)C1=Cc2cc(OC)ccc2-c2c(C3CCCCC3)c3ccc(C(=O)O)cc3n2C1.CNC(=O)CNC(=O)C1=Cc2cc(OC)ccc2-c2c(C3CCCCC3)c3ccc(C(=O)OC)cc3n2C1. The summed E-state index contributed by atoms with van der Waals surface area (Å²) in [6.45, 7) is 0.294. The van der Waals surface area contributed by atoms with Gasteiger partial charge in [0.2, 0.25) is 23.6 Å². The van der Waals surface area contributed by atoms with Crippen LogP contribution in [0.4, 0.5) is 0 Å². The normalized spacial score (nSPS) is 15.2. The fourth-order valence-electron chi connectivity index (χ4n) is 11.5. The number of aromatic nitrogens is 2. The molecule has 0 spiro atoms. The van der Waals surface area contributed by atoms with Crippen molar-refractivity contribution < 1.29 is 48.1 Å². The Morgan fingerprint density at radius 3 is 1.39 bits per heavy atom. The van der Waals surface area contributed by atoms with Crippen molar-refractivity contribution in [1.29, 1.82) is 0 Å². The number of rotatable bonds is 12. The van der Waals surface area contributed by atoms with Crippen LogP contribution in [-0.4, -0.2) is 98.3 Å². The van der Waals surface area contributed by atoms with Crippen LogP contribution in [0.25, 0.3) is 56.5 Å². The van der Waals surface area contributed by atoms with E-state index in [0.29, 0.717) is 46.6 Å². The van der Waals surface area contributed by atoms with Gasteiger partial charge in [-0.05, 0) is 133 Å². The van der Waals surface area contributed by atoms with E-state index in [0.717, 1.165) is 94.0 Å². The van der Waals surface area contributed by atoms with Gasteiger partial charge >= 0.3 is 11.9 Å². The number of likely N-dealkylation sites (N-methyl/N-ethyl adjacent to an activating group) is 2. The zero-order valence-electron chi connectivity index (χ0n) is 43.2. The number of esters is 1. The molecule has 16 nitrogen and oxygen atoms in total. The van der Waals surface area contributed by atoms with Crippen molar-refractivity contribution in [3.05, 3.63) is 117 Å². The highest BCUT2D eigenvalue weighted by Gasteiger charge is 2.33. The number of methoxy groups -OCH3 is 3. The summed E-state index contributed by atoms with van der Waals surface area (Å²) >= 11 is 0. The molecule has 0 radical (unpaired) electrons. The number of fused-ring (bicyclic) bond motifs is 10. The third kappa shape index (κ3) is 10.5. The summed E-state index contributed by atoms with van der Waals surface area (Å²) < 4.78 is 20.2. The molecule has 2 aromatic heterocycles. The molecule has 4 aromatic carbocycles. The van der Waals surface area contributed by atoms with Gasteiger partial charge in [0.15, 0.2) is 0 Å². The van der Waals surface area contributed by atoms with Crippen molar-refractivity contribution in [2.24, 2.45) is 0 Å². The first-order chi connectivity index (χ1) is 36.3. The van der Waals surface area contributed by atoms with Crippen LogP contribution in [0, 0.1) is 0 Å². The van der Waals surface area contributed by atoms with Gasteiger partial charge in [0.1, 0.15) is 11.5 Å². The number of ether oxygens (including phenoxy) is 3. The molecular weight excluding hydrogens is 953 g/mol. The number of carbonyl (C=O) groups excluding carboxylic acids is 5. The van der Waals surface area contributed by atoms with E-state index in [1.54, 1.807) is 26.4 Å². The number of carboxylic acid groups (broad SMARTS) is 1. The van der Waals surface area contributed by atoms with Gasteiger partial charge in [-0.2, -0.15) is 0 Å². The first kappa shape index (κ1) is 51.7. The van der Waals surface area contributed by atoms with E-state index < -0.39 is 11.9 Å². The Morgan fingerprint density at radius 2 is 0.987 bits per heavy atom. The molecule has 2 aliphatic carbocycles. The number of hydrogen-bond donors (Lipinski definition) is 5. The Labute approximate surface area is 435 Å². The Hall–Kier alpha value is -8.14. The number of nitrogens with one attached hydrogen (secondary N) is 4. The van der Waals surface area contributed by atoms with Crippen LogP contribution in [0.3, 0.4) is 0 Å². The number of carbonyl (C=O) groups is 6. The second-order valence-electron chi connectivity index (χ2n) is 19.6. The Kier molecular flexibility index (Phi) is 15.6. The van der Waals surface area contributed by atoms with Gasteiger partial charge in [-0.25, -0.2) is 9.59 Å². The van der Waals surface area contributed by atoms with Crippen molar-refractivity contribution in [3.63, 3.8) is 0 Å². The minimum Gasteiger partial charge on any atom is -0.497 e. The molecule has 0 saturated heterocycles. The number of benzene rings is 4. The summed E-state index contributed by atoms with van der Waals surface area (Å²) in [5.41, 5.74) is 11.6. The summed E-state index contributed by atoms with van der Waals surface area (Å²) in [4.78, 5) is 74.5. The summed E-state index contributed by atoms with van der Waals surface area (Å²) in [7, 11) is 7.66. The molecule has 5 N–H and O–H groups in total. The molecular formula is C59H64N6O10. The van der Waals surface area contributed by atoms with E-state index in [4.69, 9.17) is 14.2 Å². The van der Waals surface area contributed by atoms with Crippen LogP contribution < -0.4 is 30.7 Å². The smallest absolute Gasteiger partial charge is 0.337 e. The van der Waals surface area contributed by atoms with Crippen molar-refractivity contribution in [2.45, 2.75) is 89.1 Å². The highest BCUT2D eigenvalue weighted by Crippen LogP contribution is 2.49. The van der Waals surface area contributed by atoms with E-state index in [2.05, 4.69) is 30.4 Å². The van der Waals surface area contributed by atoms with Gasteiger partial charge in [-0.3, -0.25) is 19.2 Å². The molecule has 2 saturated carbocycles. The van der Waals surface area contributed by atoms with Crippen molar-refractivity contribution >= 4 is 69.5 Å². The van der Waals surface area contributed by atoms with E-state index in [-0.39, 0.29) is 48.8 Å². The first-order valence-corrected chi connectivity index (χ1v) is 25.8. The molecule has 390 valence electrons. The third-order valence-electron chi connectivity index (χ3n) is 15.2. The van der Waals surface area contributed by atoms with E-state index >= 15 is 0 Å². The van der Waals surface area contributed by atoms with Crippen LogP contribution >= 0.6 is 0 Å². The van der Waals surface area contributed by atoms with Crippen LogP contribution in [0.1, 0.15) is 119 Å². The maximum Gasteiger partial charge on any atom is 0.337 e. The van der Waals surface area contributed by atoms with Gasteiger partial charge in [-0.15, -0.1) is 0 Å². The predicted molar refractivity (Wildman–Crippen MR) is 288 cm³/mol. The number of aromatic carboxylic acids is 1. The lowest BCUT2D eigenvalue weighted by Gasteiger charge is -2.24. The Balaban J connectivity index is 0.000000184. The number of carboxylic acids is 1. The van der Waals surface area contributed by atoms with Crippen LogP contribution in [0.15, 0.2) is 83.9 Å². The summed E-state index contributed by atoms with van der Waals surface area (Å²) in [6, 6.07) is 22.8.